The number of nitrogens with zero attached hydrogens (tertiary/aromatic N) is 2. The van der Waals surface area contributed by atoms with Gasteiger partial charge in [-0.05, 0) is 29.2 Å². The maximum atomic E-state index is 11.8. The number of benzene rings is 2. The molecule has 7 heteroatoms. The second-order valence-electron chi connectivity index (χ2n) is 6.99. The first-order chi connectivity index (χ1) is 13.5. The Hall–Kier alpha value is -2.90. The fraction of sp³-hybridized carbons (Fsp3) is 0.238. The fourth-order valence-corrected chi connectivity index (χ4v) is 4.07. The Morgan fingerprint density at radius 1 is 1.25 bits per heavy atom. The van der Waals surface area contributed by atoms with E-state index in [1.54, 1.807) is 23.0 Å². The Kier molecular flexibility index (Phi) is 5.02. The molecule has 0 saturated carbocycles. The topological polar surface area (TPSA) is 88.7 Å². The average molecular weight is 394 g/mol. The molecule has 2 heterocycles. The zero-order valence-corrected chi connectivity index (χ0v) is 16.7. The molecule has 0 spiro atoms. The highest BCUT2D eigenvalue weighted by molar-refractivity contribution is 7.18. The minimum Gasteiger partial charge on any atom is -0.360 e. The Morgan fingerprint density at radius 2 is 2.04 bits per heavy atom. The number of nitrogens with one attached hydrogen (secondary N) is 2. The van der Waals surface area contributed by atoms with Gasteiger partial charge in [0.15, 0.2) is 5.13 Å². The molecule has 0 amide bonds. The van der Waals surface area contributed by atoms with Gasteiger partial charge in [0.1, 0.15) is 0 Å². The van der Waals surface area contributed by atoms with Gasteiger partial charge in [0.05, 0.1) is 15.9 Å². The van der Waals surface area contributed by atoms with Crippen LogP contribution in [-0.2, 0) is 7.05 Å². The van der Waals surface area contributed by atoms with E-state index in [-0.39, 0.29) is 17.6 Å². The van der Waals surface area contributed by atoms with E-state index in [1.807, 2.05) is 42.6 Å². The lowest BCUT2D eigenvalue weighted by Crippen LogP contribution is -2.34. The van der Waals surface area contributed by atoms with E-state index in [0.717, 1.165) is 26.6 Å². The number of imidazole rings is 1. The number of anilines is 1. The minimum atomic E-state index is -0.111. The van der Waals surface area contributed by atoms with Gasteiger partial charge in [-0.25, -0.2) is 9.78 Å². The van der Waals surface area contributed by atoms with Crippen LogP contribution in [0.15, 0.2) is 59.5 Å². The maximum absolute atomic E-state index is 11.8. The summed E-state index contributed by atoms with van der Waals surface area (Å²) in [4.78, 5) is 20.1. The van der Waals surface area contributed by atoms with Crippen molar-refractivity contribution >= 4 is 27.5 Å². The SMILES string of the molecule is C[C@@H](c1ccccc1)[C@@H](N)CNc1ncc(-c2ccc3[nH]c(=O)n(C)c3c2)s1. The molecular formula is C21H23N5OS. The molecule has 0 aliphatic rings. The monoisotopic (exact) mass is 393 g/mol. The lowest BCUT2D eigenvalue weighted by atomic mass is 9.94. The molecule has 0 fully saturated rings. The molecule has 4 aromatic rings. The highest BCUT2D eigenvalue weighted by Crippen LogP contribution is 2.30. The van der Waals surface area contributed by atoms with Crippen molar-refractivity contribution in [2.24, 2.45) is 12.8 Å². The molecule has 0 bridgehead atoms. The molecule has 2 atom stereocenters. The normalized spacial score (nSPS) is 13.5. The predicted molar refractivity (Wildman–Crippen MR) is 116 cm³/mol. The fourth-order valence-electron chi connectivity index (χ4n) is 3.25. The highest BCUT2D eigenvalue weighted by atomic mass is 32.1. The van der Waals surface area contributed by atoms with Crippen LogP contribution < -0.4 is 16.7 Å². The smallest absolute Gasteiger partial charge is 0.326 e. The van der Waals surface area contributed by atoms with Gasteiger partial charge in [0.2, 0.25) is 0 Å². The third kappa shape index (κ3) is 3.58. The number of H-pyrrole nitrogens is 1. The van der Waals surface area contributed by atoms with E-state index < -0.39 is 0 Å². The van der Waals surface area contributed by atoms with Crippen molar-refractivity contribution < 1.29 is 0 Å². The van der Waals surface area contributed by atoms with Gasteiger partial charge in [-0.2, -0.15) is 0 Å². The quantitative estimate of drug-likeness (QED) is 0.467. The van der Waals surface area contributed by atoms with Gasteiger partial charge in [-0.15, -0.1) is 0 Å². The van der Waals surface area contributed by atoms with Gasteiger partial charge >= 0.3 is 5.69 Å². The van der Waals surface area contributed by atoms with Gasteiger partial charge in [-0.3, -0.25) is 4.57 Å². The first-order valence-corrected chi connectivity index (χ1v) is 10.0. The van der Waals surface area contributed by atoms with Crippen LogP contribution in [0.4, 0.5) is 5.13 Å². The lowest BCUT2D eigenvalue weighted by Gasteiger charge is -2.20. The molecule has 0 unspecified atom stereocenters. The maximum Gasteiger partial charge on any atom is 0.326 e. The number of aromatic amines is 1. The van der Waals surface area contributed by atoms with Crippen LogP contribution in [0, 0.1) is 0 Å². The lowest BCUT2D eigenvalue weighted by molar-refractivity contribution is 0.589. The molecular weight excluding hydrogens is 370 g/mol. The Bertz CT molecular complexity index is 1140. The van der Waals surface area contributed by atoms with Gasteiger partial charge in [0, 0.05) is 25.8 Å². The summed E-state index contributed by atoms with van der Waals surface area (Å²) in [6.07, 6.45) is 1.85. The van der Waals surface area contributed by atoms with Crippen LogP contribution in [0.5, 0.6) is 0 Å². The summed E-state index contributed by atoms with van der Waals surface area (Å²) in [5, 5.41) is 4.20. The van der Waals surface area contributed by atoms with Crippen LogP contribution in [0.3, 0.4) is 0 Å². The number of thiazole rings is 1. The van der Waals surface area contributed by atoms with Crippen molar-refractivity contribution in [3.8, 4) is 10.4 Å². The summed E-state index contributed by atoms with van der Waals surface area (Å²) < 4.78 is 1.61. The minimum absolute atomic E-state index is 0.0134. The molecule has 2 aromatic carbocycles. The number of nitrogens with two attached hydrogens (primary N) is 1. The number of rotatable bonds is 6. The molecule has 0 aliphatic heterocycles. The summed E-state index contributed by atoms with van der Waals surface area (Å²) in [6, 6.07) is 16.2. The summed E-state index contributed by atoms with van der Waals surface area (Å²) in [5.74, 6) is 0.255. The Morgan fingerprint density at radius 3 is 2.82 bits per heavy atom. The molecule has 0 radical (unpaired) electrons. The van der Waals surface area contributed by atoms with Crippen LogP contribution in [0.1, 0.15) is 18.4 Å². The number of aromatic nitrogens is 3. The molecule has 144 valence electrons. The van der Waals surface area contributed by atoms with Crippen molar-refractivity contribution in [3.05, 3.63) is 70.8 Å². The molecule has 28 heavy (non-hydrogen) atoms. The largest absolute Gasteiger partial charge is 0.360 e. The number of fused-ring (bicyclic) bond motifs is 1. The number of hydrogen-bond acceptors (Lipinski definition) is 5. The van der Waals surface area contributed by atoms with Gasteiger partial charge in [0.25, 0.3) is 0 Å². The Labute approximate surface area is 167 Å². The van der Waals surface area contributed by atoms with Crippen molar-refractivity contribution in [2.45, 2.75) is 18.9 Å². The van der Waals surface area contributed by atoms with E-state index >= 15 is 0 Å². The first kappa shape index (κ1) is 18.5. The molecule has 4 N–H and O–H groups in total. The first-order valence-electron chi connectivity index (χ1n) is 9.22. The second-order valence-corrected chi connectivity index (χ2v) is 8.03. The molecule has 4 rings (SSSR count). The highest BCUT2D eigenvalue weighted by Gasteiger charge is 2.15. The van der Waals surface area contributed by atoms with E-state index in [0.29, 0.717) is 6.54 Å². The summed E-state index contributed by atoms with van der Waals surface area (Å²) in [5.41, 5.74) is 10.3. The standard InChI is InChI=1S/C21H23N5OS/c1-13(14-6-4-3-5-7-14)16(22)11-23-20-24-12-19(28-20)15-8-9-17-18(10-15)26(2)21(27)25-17/h3-10,12-13,16H,11,22H2,1-2H3,(H,23,24)(H,25,27)/t13-,16-/m0/s1. The van der Waals surface area contributed by atoms with E-state index in [1.165, 1.54) is 5.56 Å². The number of aryl methyl sites for hydroxylation is 1. The Balaban J connectivity index is 1.46. The zero-order valence-electron chi connectivity index (χ0n) is 15.8. The van der Waals surface area contributed by atoms with Gasteiger partial charge in [-0.1, -0.05) is 54.7 Å². The zero-order chi connectivity index (χ0) is 19.7. The average Bonchev–Trinajstić information content (AvgIpc) is 3.31. The van der Waals surface area contributed by atoms with Crippen molar-refractivity contribution in [2.75, 3.05) is 11.9 Å². The molecule has 0 saturated heterocycles. The second kappa shape index (κ2) is 7.61. The van der Waals surface area contributed by atoms with Crippen molar-refractivity contribution in [1.82, 2.24) is 14.5 Å². The van der Waals surface area contributed by atoms with Crippen molar-refractivity contribution in [1.29, 1.82) is 0 Å². The van der Waals surface area contributed by atoms with Gasteiger partial charge < -0.3 is 16.0 Å². The van der Waals surface area contributed by atoms with Crippen LogP contribution in [0.2, 0.25) is 0 Å². The van der Waals surface area contributed by atoms with Crippen molar-refractivity contribution in [3.63, 3.8) is 0 Å². The predicted octanol–water partition coefficient (Wildman–Crippen LogP) is 3.53. The van der Waals surface area contributed by atoms with E-state index in [2.05, 4.69) is 34.3 Å². The third-order valence-corrected chi connectivity index (χ3v) is 6.16. The van der Waals surface area contributed by atoms with Crippen LogP contribution in [0.25, 0.3) is 21.5 Å². The molecule has 6 nitrogen and oxygen atoms in total. The molecule has 0 aliphatic carbocycles. The third-order valence-electron chi connectivity index (χ3n) is 5.15. The summed E-state index contributed by atoms with van der Waals surface area (Å²) >= 11 is 1.58. The van der Waals surface area contributed by atoms with E-state index in [9.17, 15) is 4.79 Å². The molecule has 2 aromatic heterocycles. The van der Waals surface area contributed by atoms with E-state index in [4.69, 9.17) is 5.73 Å². The van der Waals surface area contributed by atoms with Crippen LogP contribution >= 0.6 is 11.3 Å². The summed E-state index contributed by atoms with van der Waals surface area (Å²) in [7, 11) is 1.76. The summed E-state index contributed by atoms with van der Waals surface area (Å²) in [6.45, 7) is 2.79. The number of hydrogen-bond donors (Lipinski definition) is 3. The van der Waals surface area contributed by atoms with Crippen LogP contribution in [-0.4, -0.2) is 27.1 Å².